The van der Waals surface area contributed by atoms with Gasteiger partial charge in [0.15, 0.2) is 0 Å². The summed E-state index contributed by atoms with van der Waals surface area (Å²) in [6.07, 6.45) is 1.64. The molecule has 160 valence electrons. The molecule has 0 saturated heterocycles. The van der Waals surface area contributed by atoms with Crippen LogP contribution < -0.4 is 15.4 Å². The van der Waals surface area contributed by atoms with Crippen LogP contribution in [0, 0.1) is 13.8 Å². The zero-order valence-corrected chi connectivity index (χ0v) is 18.5. The Hall–Kier alpha value is -3.50. The van der Waals surface area contributed by atoms with E-state index < -0.39 is 10.0 Å². The molecule has 0 unspecified atom stereocenters. The van der Waals surface area contributed by atoms with Crippen molar-refractivity contribution in [1.82, 2.24) is 19.5 Å². The molecule has 31 heavy (non-hydrogen) atoms. The molecule has 10 heteroatoms. The van der Waals surface area contributed by atoms with Gasteiger partial charge in [-0.05, 0) is 55.8 Å². The fourth-order valence-corrected chi connectivity index (χ4v) is 4.17. The summed E-state index contributed by atoms with van der Waals surface area (Å²) in [5, 5.41) is 8.34. The first-order chi connectivity index (χ1) is 14.6. The van der Waals surface area contributed by atoms with Crippen LogP contribution in [0.15, 0.2) is 53.6 Å². The summed E-state index contributed by atoms with van der Waals surface area (Å²) in [4.78, 5) is 15.4. The first kappa shape index (κ1) is 20.8. The molecule has 0 aliphatic carbocycles. The number of benzene rings is 2. The van der Waals surface area contributed by atoms with Crippen molar-refractivity contribution >= 4 is 44.2 Å². The second kappa shape index (κ2) is 7.64. The van der Waals surface area contributed by atoms with Crippen molar-refractivity contribution in [3.63, 3.8) is 0 Å². The highest BCUT2D eigenvalue weighted by molar-refractivity contribution is 7.89. The Morgan fingerprint density at radius 1 is 1.06 bits per heavy atom. The molecule has 0 bridgehead atoms. The lowest BCUT2D eigenvalue weighted by Crippen LogP contribution is -2.14. The van der Waals surface area contributed by atoms with E-state index in [4.69, 9.17) is 5.14 Å². The van der Waals surface area contributed by atoms with Crippen molar-refractivity contribution < 1.29 is 8.42 Å². The zero-order chi connectivity index (χ0) is 22.3. The summed E-state index contributed by atoms with van der Waals surface area (Å²) in [5.41, 5.74) is 4.00. The number of primary sulfonamides is 1. The number of nitrogens with two attached hydrogens (primary N) is 1. The molecular weight excluding hydrogens is 414 g/mol. The van der Waals surface area contributed by atoms with Crippen molar-refractivity contribution in [1.29, 1.82) is 0 Å². The number of aromatic nitrogens is 4. The summed E-state index contributed by atoms with van der Waals surface area (Å²) < 4.78 is 25.6. The van der Waals surface area contributed by atoms with E-state index in [1.807, 2.05) is 48.7 Å². The van der Waals surface area contributed by atoms with Gasteiger partial charge in [0, 0.05) is 31.7 Å². The fourth-order valence-electron chi connectivity index (χ4n) is 3.36. The topological polar surface area (TPSA) is 119 Å². The molecular formula is C21H23N7O2S. The molecule has 3 N–H and O–H groups in total. The van der Waals surface area contributed by atoms with E-state index in [1.54, 1.807) is 31.3 Å². The first-order valence-electron chi connectivity index (χ1n) is 9.54. The van der Waals surface area contributed by atoms with Crippen LogP contribution in [0.25, 0.3) is 11.0 Å². The number of hydrogen-bond acceptors (Lipinski definition) is 7. The van der Waals surface area contributed by atoms with Gasteiger partial charge in [0.1, 0.15) is 11.6 Å². The molecule has 0 fully saturated rings. The summed E-state index contributed by atoms with van der Waals surface area (Å²) in [5.74, 6) is 1.95. The maximum atomic E-state index is 11.8. The number of aryl methyl sites for hydroxylation is 3. The second-order valence-electron chi connectivity index (χ2n) is 7.34. The van der Waals surface area contributed by atoms with Crippen LogP contribution >= 0.6 is 0 Å². The summed E-state index contributed by atoms with van der Waals surface area (Å²) in [6.45, 7) is 3.66. The molecule has 0 atom stereocenters. The fraction of sp³-hybridized carbons (Fsp3) is 0.190. The molecule has 0 saturated carbocycles. The third kappa shape index (κ3) is 4.07. The van der Waals surface area contributed by atoms with Crippen LogP contribution in [0.4, 0.5) is 23.1 Å². The lowest BCUT2D eigenvalue weighted by Gasteiger charge is -2.19. The van der Waals surface area contributed by atoms with E-state index in [1.165, 1.54) is 6.07 Å². The van der Waals surface area contributed by atoms with Crippen LogP contribution in [0.2, 0.25) is 0 Å². The Morgan fingerprint density at radius 2 is 1.84 bits per heavy atom. The lowest BCUT2D eigenvalue weighted by atomic mass is 10.2. The van der Waals surface area contributed by atoms with Crippen molar-refractivity contribution in [2.75, 3.05) is 17.3 Å². The minimum absolute atomic E-state index is 0.0599. The van der Waals surface area contributed by atoms with E-state index in [9.17, 15) is 8.42 Å². The van der Waals surface area contributed by atoms with Gasteiger partial charge in [-0.25, -0.2) is 23.5 Å². The normalized spacial score (nSPS) is 11.6. The molecule has 0 radical (unpaired) electrons. The standard InChI is InChI=1S/C21H23N7O2S/c1-13-5-6-15(11-19(13)31(22,29)30)25-21-23-10-9-20(26-21)28(4)16-7-8-18-17(12-16)24-14(2)27(18)3/h5-12H,1-4H3,(H2,22,29,30)(H,23,25,26). The molecule has 2 heterocycles. The number of rotatable bonds is 5. The highest BCUT2D eigenvalue weighted by atomic mass is 32.2. The van der Waals surface area contributed by atoms with Gasteiger partial charge >= 0.3 is 0 Å². The molecule has 4 aromatic rings. The maximum Gasteiger partial charge on any atom is 0.238 e. The smallest absolute Gasteiger partial charge is 0.238 e. The highest BCUT2D eigenvalue weighted by Gasteiger charge is 2.14. The van der Waals surface area contributed by atoms with Crippen molar-refractivity contribution in [2.24, 2.45) is 12.2 Å². The molecule has 4 rings (SSSR count). The third-order valence-corrected chi connectivity index (χ3v) is 6.26. The number of sulfonamides is 1. The zero-order valence-electron chi connectivity index (χ0n) is 17.7. The van der Waals surface area contributed by atoms with E-state index >= 15 is 0 Å². The van der Waals surface area contributed by atoms with Crippen molar-refractivity contribution in [2.45, 2.75) is 18.7 Å². The van der Waals surface area contributed by atoms with Crippen molar-refractivity contribution in [3.8, 4) is 0 Å². The van der Waals surface area contributed by atoms with Crippen LogP contribution in [0.5, 0.6) is 0 Å². The molecule has 0 aliphatic rings. The van der Waals surface area contributed by atoms with Crippen molar-refractivity contribution in [3.05, 3.63) is 60.0 Å². The summed E-state index contributed by atoms with van der Waals surface area (Å²) >= 11 is 0. The van der Waals surface area contributed by atoms with Gasteiger partial charge in [-0.3, -0.25) is 0 Å². The average Bonchev–Trinajstić information content (AvgIpc) is 3.01. The molecule has 0 spiro atoms. The van der Waals surface area contributed by atoms with Gasteiger partial charge < -0.3 is 14.8 Å². The Kier molecular flexibility index (Phi) is 5.11. The number of nitrogens with one attached hydrogen (secondary N) is 1. The maximum absolute atomic E-state index is 11.8. The molecule has 2 aromatic heterocycles. The minimum Gasteiger partial charge on any atom is -0.331 e. The Morgan fingerprint density at radius 3 is 2.58 bits per heavy atom. The van der Waals surface area contributed by atoms with Gasteiger partial charge in [-0.1, -0.05) is 6.07 Å². The monoisotopic (exact) mass is 437 g/mol. The summed E-state index contributed by atoms with van der Waals surface area (Å²) in [7, 11) is 0.0777. The molecule has 0 aliphatic heterocycles. The lowest BCUT2D eigenvalue weighted by molar-refractivity contribution is 0.597. The number of nitrogens with zero attached hydrogens (tertiary/aromatic N) is 5. The second-order valence-corrected chi connectivity index (χ2v) is 8.87. The van der Waals surface area contributed by atoms with Gasteiger partial charge in [-0.2, -0.15) is 4.98 Å². The highest BCUT2D eigenvalue weighted by Crippen LogP contribution is 2.27. The van der Waals surface area contributed by atoms with E-state index in [0.717, 1.165) is 22.5 Å². The predicted molar refractivity (Wildman–Crippen MR) is 121 cm³/mol. The van der Waals surface area contributed by atoms with Gasteiger partial charge in [0.05, 0.1) is 15.9 Å². The number of hydrogen-bond donors (Lipinski definition) is 2. The number of fused-ring (bicyclic) bond motifs is 1. The third-order valence-electron chi connectivity index (χ3n) is 5.21. The Bertz CT molecular complexity index is 1400. The largest absolute Gasteiger partial charge is 0.331 e. The first-order valence-corrected chi connectivity index (χ1v) is 11.1. The Labute approximate surface area is 180 Å². The van der Waals surface area contributed by atoms with E-state index in [2.05, 4.69) is 20.3 Å². The van der Waals surface area contributed by atoms with Gasteiger partial charge in [0.25, 0.3) is 0 Å². The van der Waals surface area contributed by atoms with Crippen LogP contribution in [-0.2, 0) is 17.1 Å². The van der Waals surface area contributed by atoms with Crippen LogP contribution in [0.1, 0.15) is 11.4 Å². The van der Waals surface area contributed by atoms with E-state index in [0.29, 0.717) is 23.0 Å². The molecule has 9 nitrogen and oxygen atoms in total. The quantitative estimate of drug-likeness (QED) is 0.492. The van der Waals surface area contributed by atoms with Gasteiger partial charge in [-0.15, -0.1) is 0 Å². The Balaban J connectivity index is 1.63. The van der Waals surface area contributed by atoms with E-state index in [-0.39, 0.29) is 4.90 Å². The molecule has 2 aromatic carbocycles. The molecule has 0 amide bonds. The van der Waals surface area contributed by atoms with Crippen LogP contribution in [0.3, 0.4) is 0 Å². The van der Waals surface area contributed by atoms with Crippen LogP contribution in [-0.4, -0.2) is 35.0 Å². The minimum atomic E-state index is -3.82. The number of anilines is 4. The number of imidazole rings is 1. The predicted octanol–water partition coefficient (Wildman–Crippen LogP) is 3.14. The average molecular weight is 438 g/mol. The summed E-state index contributed by atoms with van der Waals surface area (Å²) in [6, 6.07) is 12.8. The SMILES string of the molecule is Cc1ccc(Nc2nccc(N(C)c3ccc4c(c3)nc(C)n4C)n2)cc1S(N)(=O)=O. The van der Waals surface area contributed by atoms with Gasteiger partial charge in [0.2, 0.25) is 16.0 Å².